The number of carbonyl (C=O) groups is 2. The summed E-state index contributed by atoms with van der Waals surface area (Å²) in [4.78, 5) is 24.4. The lowest BCUT2D eigenvalue weighted by atomic mass is 10.2. The number of anilines is 2. The second-order valence-electron chi connectivity index (χ2n) is 5.92. The van der Waals surface area contributed by atoms with Gasteiger partial charge in [-0.15, -0.1) is 11.8 Å². The Morgan fingerprint density at radius 3 is 2.37 bits per heavy atom. The Bertz CT molecular complexity index is 793. The molecule has 7 heteroatoms. The number of carbonyl (C=O) groups excluding carboxylic acids is 2. The molecule has 2 aromatic rings. The highest BCUT2D eigenvalue weighted by Gasteiger charge is 2.17. The van der Waals surface area contributed by atoms with Crippen molar-refractivity contribution in [1.29, 1.82) is 0 Å². The van der Waals surface area contributed by atoms with E-state index in [1.807, 2.05) is 31.2 Å². The Kier molecular flexibility index (Phi) is 7.55. The van der Waals surface area contributed by atoms with Crippen molar-refractivity contribution in [2.45, 2.75) is 19.1 Å². The SMILES string of the molecule is COc1ccc(NC(=O)[C@@H](C)SCC(=O)Nc2ccc(C)cc2)c(OC)c1. The van der Waals surface area contributed by atoms with Gasteiger partial charge in [0.2, 0.25) is 11.8 Å². The highest BCUT2D eigenvalue weighted by Crippen LogP contribution is 2.29. The summed E-state index contributed by atoms with van der Waals surface area (Å²) < 4.78 is 10.4. The molecule has 0 fully saturated rings. The smallest absolute Gasteiger partial charge is 0.237 e. The lowest BCUT2D eigenvalue weighted by Crippen LogP contribution is -2.25. The first-order chi connectivity index (χ1) is 12.9. The van der Waals surface area contributed by atoms with Crippen molar-refractivity contribution < 1.29 is 19.1 Å². The van der Waals surface area contributed by atoms with E-state index in [1.165, 1.54) is 18.9 Å². The number of nitrogens with one attached hydrogen (secondary N) is 2. The average molecular weight is 388 g/mol. The normalized spacial score (nSPS) is 11.4. The first kappa shape index (κ1) is 20.6. The number of rotatable bonds is 8. The first-order valence-corrected chi connectivity index (χ1v) is 9.49. The first-order valence-electron chi connectivity index (χ1n) is 8.44. The van der Waals surface area contributed by atoms with Gasteiger partial charge in [-0.05, 0) is 38.1 Å². The standard InChI is InChI=1S/C20H24N2O4S/c1-13-5-7-15(8-6-13)21-19(23)12-27-14(2)20(24)22-17-10-9-16(25-3)11-18(17)26-4/h5-11,14H,12H2,1-4H3,(H,21,23)(H,22,24)/t14-/m1/s1. The summed E-state index contributed by atoms with van der Waals surface area (Å²) in [6, 6.07) is 12.7. The summed E-state index contributed by atoms with van der Waals surface area (Å²) >= 11 is 1.27. The highest BCUT2D eigenvalue weighted by atomic mass is 32.2. The number of thioether (sulfide) groups is 1. The van der Waals surface area contributed by atoms with E-state index in [-0.39, 0.29) is 17.6 Å². The van der Waals surface area contributed by atoms with E-state index < -0.39 is 5.25 Å². The molecule has 2 rings (SSSR count). The Hall–Kier alpha value is -2.67. The molecule has 0 spiro atoms. The number of hydrogen-bond donors (Lipinski definition) is 2. The van der Waals surface area contributed by atoms with E-state index in [9.17, 15) is 9.59 Å². The van der Waals surface area contributed by atoms with Crippen molar-refractivity contribution in [2.75, 3.05) is 30.6 Å². The van der Waals surface area contributed by atoms with Gasteiger partial charge >= 0.3 is 0 Å². The van der Waals surface area contributed by atoms with Gasteiger partial charge in [0.05, 0.1) is 30.9 Å². The van der Waals surface area contributed by atoms with Gasteiger partial charge in [0.25, 0.3) is 0 Å². The molecule has 6 nitrogen and oxygen atoms in total. The topological polar surface area (TPSA) is 76.7 Å². The van der Waals surface area contributed by atoms with Crippen LogP contribution in [0.4, 0.5) is 11.4 Å². The molecule has 0 bridgehead atoms. The summed E-state index contributed by atoms with van der Waals surface area (Å²) in [6.07, 6.45) is 0. The fourth-order valence-corrected chi connectivity index (χ4v) is 2.93. The quantitative estimate of drug-likeness (QED) is 0.721. The summed E-state index contributed by atoms with van der Waals surface area (Å²) in [5, 5.41) is 5.24. The van der Waals surface area contributed by atoms with Gasteiger partial charge in [-0.2, -0.15) is 0 Å². The number of benzene rings is 2. The van der Waals surface area contributed by atoms with E-state index in [1.54, 1.807) is 32.2 Å². The van der Waals surface area contributed by atoms with Crippen LogP contribution < -0.4 is 20.1 Å². The number of amides is 2. The summed E-state index contributed by atoms with van der Waals surface area (Å²) in [7, 11) is 3.09. The molecule has 0 radical (unpaired) electrons. The van der Waals surface area contributed by atoms with Crippen molar-refractivity contribution in [3.63, 3.8) is 0 Å². The Morgan fingerprint density at radius 2 is 1.74 bits per heavy atom. The second kappa shape index (κ2) is 9.87. The van der Waals surface area contributed by atoms with E-state index >= 15 is 0 Å². The summed E-state index contributed by atoms with van der Waals surface area (Å²) in [5.41, 5.74) is 2.42. The van der Waals surface area contributed by atoms with Gasteiger partial charge in [-0.3, -0.25) is 9.59 Å². The van der Waals surface area contributed by atoms with Crippen LogP contribution >= 0.6 is 11.8 Å². The molecule has 0 saturated heterocycles. The van der Waals surface area contributed by atoms with Crippen LogP contribution in [0.25, 0.3) is 0 Å². The number of methoxy groups -OCH3 is 2. The molecule has 2 aromatic carbocycles. The Labute approximate surface area is 163 Å². The molecule has 0 saturated carbocycles. The lowest BCUT2D eigenvalue weighted by molar-refractivity contribution is -0.115. The van der Waals surface area contributed by atoms with Crippen molar-refractivity contribution >= 4 is 35.0 Å². The fourth-order valence-electron chi connectivity index (χ4n) is 2.25. The van der Waals surface area contributed by atoms with Crippen LogP contribution in [-0.4, -0.2) is 37.0 Å². The number of ether oxygens (including phenoxy) is 2. The predicted molar refractivity (Wildman–Crippen MR) is 110 cm³/mol. The van der Waals surface area contributed by atoms with Crippen molar-refractivity contribution in [3.05, 3.63) is 48.0 Å². The van der Waals surface area contributed by atoms with Crippen LogP contribution in [-0.2, 0) is 9.59 Å². The largest absolute Gasteiger partial charge is 0.497 e. The average Bonchev–Trinajstić information content (AvgIpc) is 2.68. The van der Waals surface area contributed by atoms with Crippen LogP contribution in [0, 0.1) is 6.92 Å². The maximum absolute atomic E-state index is 12.4. The molecule has 2 amide bonds. The van der Waals surface area contributed by atoms with E-state index in [2.05, 4.69) is 10.6 Å². The zero-order valence-corrected chi connectivity index (χ0v) is 16.7. The summed E-state index contributed by atoms with van der Waals surface area (Å²) in [5.74, 6) is 0.983. The Balaban J connectivity index is 1.86. The van der Waals surface area contributed by atoms with Crippen LogP contribution in [0.2, 0.25) is 0 Å². The minimum atomic E-state index is -0.402. The van der Waals surface area contributed by atoms with Crippen molar-refractivity contribution in [1.82, 2.24) is 0 Å². The number of aryl methyl sites for hydroxylation is 1. The molecule has 1 atom stereocenters. The third-order valence-corrected chi connectivity index (χ3v) is 4.98. The molecule has 27 heavy (non-hydrogen) atoms. The molecule has 0 aliphatic heterocycles. The van der Waals surface area contributed by atoms with Crippen LogP contribution in [0.3, 0.4) is 0 Å². The van der Waals surface area contributed by atoms with Gasteiger partial charge in [0.1, 0.15) is 11.5 Å². The van der Waals surface area contributed by atoms with E-state index in [0.717, 1.165) is 11.3 Å². The molecular formula is C20H24N2O4S. The van der Waals surface area contributed by atoms with Gasteiger partial charge in [-0.25, -0.2) is 0 Å². The fraction of sp³-hybridized carbons (Fsp3) is 0.300. The molecule has 0 unspecified atom stereocenters. The van der Waals surface area contributed by atoms with Crippen LogP contribution in [0.5, 0.6) is 11.5 Å². The molecule has 0 aromatic heterocycles. The van der Waals surface area contributed by atoms with E-state index in [4.69, 9.17) is 9.47 Å². The summed E-state index contributed by atoms with van der Waals surface area (Å²) in [6.45, 7) is 3.74. The zero-order valence-electron chi connectivity index (χ0n) is 15.9. The Morgan fingerprint density at radius 1 is 1.04 bits per heavy atom. The predicted octanol–water partition coefficient (Wildman–Crippen LogP) is 3.71. The molecule has 0 heterocycles. The third kappa shape index (κ3) is 6.21. The third-order valence-electron chi connectivity index (χ3n) is 3.84. The maximum Gasteiger partial charge on any atom is 0.237 e. The van der Waals surface area contributed by atoms with Crippen molar-refractivity contribution in [2.24, 2.45) is 0 Å². The van der Waals surface area contributed by atoms with Gasteiger partial charge < -0.3 is 20.1 Å². The maximum atomic E-state index is 12.4. The molecule has 0 aliphatic carbocycles. The van der Waals surface area contributed by atoms with Crippen LogP contribution in [0.1, 0.15) is 12.5 Å². The molecule has 0 aliphatic rings. The van der Waals surface area contributed by atoms with Crippen LogP contribution in [0.15, 0.2) is 42.5 Å². The van der Waals surface area contributed by atoms with E-state index in [0.29, 0.717) is 17.2 Å². The lowest BCUT2D eigenvalue weighted by Gasteiger charge is -2.15. The molecule has 144 valence electrons. The molecule has 2 N–H and O–H groups in total. The van der Waals surface area contributed by atoms with Gasteiger partial charge in [0.15, 0.2) is 0 Å². The monoisotopic (exact) mass is 388 g/mol. The van der Waals surface area contributed by atoms with Gasteiger partial charge in [-0.1, -0.05) is 17.7 Å². The zero-order chi connectivity index (χ0) is 19.8. The van der Waals surface area contributed by atoms with Gasteiger partial charge in [0, 0.05) is 11.8 Å². The number of hydrogen-bond acceptors (Lipinski definition) is 5. The van der Waals surface area contributed by atoms with Crippen molar-refractivity contribution in [3.8, 4) is 11.5 Å². The minimum absolute atomic E-state index is 0.148. The second-order valence-corrected chi connectivity index (χ2v) is 7.25. The minimum Gasteiger partial charge on any atom is -0.497 e. The molecular weight excluding hydrogens is 364 g/mol. The highest BCUT2D eigenvalue weighted by molar-refractivity contribution is 8.01.